The molecular formula is C22H22ClNO3S. The van der Waals surface area contributed by atoms with Crippen LogP contribution in [-0.4, -0.2) is 31.6 Å². The summed E-state index contributed by atoms with van der Waals surface area (Å²) in [6, 6.07) is 16.5. The number of halogens is 1. The lowest BCUT2D eigenvalue weighted by Crippen LogP contribution is -2.49. The molecule has 4 rings (SSSR count). The van der Waals surface area contributed by atoms with Crippen LogP contribution >= 0.6 is 11.6 Å². The molecule has 146 valence electrons. The van der Waals surface area contributed by atoms with Gasteiger partial charge in [0, 0.05) is 29.9 Å². The van der Waals surface area contributed by atoms with E-state index in [9.17, 15) is 13.2 Å². The third-order valence-corrected chi connectivity index (χ3v) is 7.87. The summed E-state index contributed by atoms with van der Waals surface area (Å²) < 4.78 is 28.1. The van der Waals surface area contributed by atoms with Crippen LogP contribution in [0.3, 0.4) is 0 Å². The van der Waals surface area contributed by atoms with Crippen LogP contribution in [0.1, 0.15) is 24.8 Å². The number of ketones is 1. The zero-order valence-electron chi connectivity index (χ0n) is 15.5. The molecule has 1 saturated heterocycles. The second-order valence-electron chi connectivity index (χ2n) is 7.62. The van der Waals surface area contributed by atoms with Crippen LogP contribution in [0.2, 0.25) is 5.02 Å². The monoisotopic (exact) mass is 415 g/mol. The van der Waals surface area contributed by atoms with Crippen molar-refractivity contribution >= 4 is 27.4 Å². The second kappa shape index (κ2) is 7.47. The zero-order valence-corrected chi connectivity index (χ0v) is 17.0. The maximum Gasteiger partial charge on any atom is 0.243 e. The fourth-order valence-electron chi connectivity index (χ4n) is 4.35. The van der Waals surface area contributed by atoms with E-state index in [1.165, 1.54) is 6.07 Å². The van der Waals surface area contributed by atoms with Crippen LogP contribution in [0.25, 0.3) is 0 Å². The average Bonchev–Trinajstić information content (AvgIpc) is 2.69. The number of sulfonamides is 1. The first-order chi connectivity index (χ1) is 13.4. The quantitative estimate of drug-likeness (QED) is 0.749. The van der Waals surface area contributed by atoms with Gasteiger partial charge in [-0.1, -0.05) is 53.6 Å². The highest BCUT2D eigenvalue weighted by Gasteiger charge is 2.45. The summed E-state index contributed by atoms with van der Waals surface area (Å²) in [4.78, 5) is 12.2. The molecule has 0 spiro atoms. The van der Waals surface area contributed by atoms with Gasteiger partial charge in [0.2, 0.25) is 10.0 Å². The van der Waals surface area contributed by atoms with Crippen LogP contribution in [0.15, 0.2) is 71.1 Å². The van der Waals surface area contributed by atoms with Gasteiger partial charge in [0.1, 0.15) is 0 Å². The molecule has 0 N–H and O–H groups in total. The molecule has 0 radical (unpaired) electrons. The lowest BCUT2D eigenvalue weighted by molar-refractivity contribution is -0.116. The predicted molar refractivity (Wildman–Crippen MR) is 110 cm³/mol. The minimum Gasteiger partial charge on any atom is -0.295 e. The molecule has 0 amide bonds. The number of hydrogen-bond donors (Lipinski definition) is 0. The number of rotatable bonds is 4. The standard InChI is InChI=1S/C22H22ClNO3S/c23-19-7-4-8-21(14-19)28(26,27)24-12-10-18-13-20(25)9-11-22(18,16-24)15-17-5-2-1-3-6-17/h1-8,13-14H,9-12,15-16H2. The first kappa shape index (κ1) is 19.4. The van der Waals surface area contributed by atoms with Gasteiger partial charge in [-0.3, -0.25) is 4.79 Å². The van der Waals surface area contributed by atoms with Crippen molar-refractivity contribution in [3.63, 3.8) is 0 Å². The molecule has 1 fully saturated rings. The fraction of sp³-hybridized carbons (Fsp3) is 0.318. The molecule has 1 aliphatic carbocycles. The van der Waals surface area contributed by atoms with E-state index in [1.54, 1.807) is 28.6 Å². The van der Waals surface area contributed by atoms with Gasteiger partial charge >= 0.3 is 0 Å². The van der Waals surface area contributed by atoms with Gasteiger partial charge in [-0.05, 0) is 49.1 Å². The lowest BCUT2D eigenvalue weighted by Gasteiger charge is -2.46. The van der Waals surface area contributed by atoms with E-state index in [1.807, 2.05) is 18.2 Å². The van der Waals surface area contributed by atoms with Gasteiger partial charge in [-0.25, -0.2) is 8.42 Å². The molecule has 0 aromatic heterocycles. The molecule has 1 heterocycles. The molecule has 1 aliphatic heterocycles. The summed E-state index contributed by atoms with van der Waals surface area (Å²) >= 11 is 6.02. The highest BCUT2D eigenvalue weighted by atomic mass is 35.5. The van der Waals surface area contributed by atoms with Gasteiger partial charge in [0.15, 0.2) is 5.78 Å². The number of carbonyl (C=O) groups excluding carboxylic acids is 1. The van der Waals surface area contributed by atoms with Crippen LogP contribution in [0, 0.1) is 5.41 Å². The summed E-state index contributed by atoms with van der Waals surface area (Å²) in [5.74, 6) is 0.143. The number of nitrogens with zero attached hydrogens (tertiary/aromatic N) is 1. The highest BCUT2D eigenvalue weighted by molar-refractivity contribution is 7.89. The zero-order chi connectivity index (χ0) is 19.8. The molecule has 0 bridgehead atoms. The number of allylic oxidation sites excluding steroid dienone is 1. The molecule has 4 nitrogen and oxygen atoms in total. The van der Waals surface area contributed by atoms with Crippen molar-refractivity contribution in [3.05, 3.63) is 76.8 Å². The SMILES string of the molecule is O=C1C=C2CCN(S(=O)(=O)c3cccc(Cl)c3)CC2(Cc2ccccc2)CC1. The van der Waals surface area contributed by atoms with Crippen molar-refractivity contribution in [2.75, 3.05) is 13.1 Å². The Labute approximate surface area is 170 Å². The molecule has 2 aliphatic rings. The molecule has 1 unspecified atom stereocenters. The van der Waals surface area contributed by atoms with Gasteiger partial charge in [-0.2, -0.15) is 4.31 Å². The van der Waals surface area contributed by atoms with Gasteiger partial charge < -0.3 is 0 Å². The Bertz CT molecular complexity index is 1030. The fourth-order valence-corrected chi connectivity index (χ4v) is 6.18. The van der Waals surface area contributed by atoms with Crippen molar-refractivity contribution in [2.24, 2.45) is 5.41 Å². The molecule has 1 atom stereocenters. The smallest absolute Gasteiger partial charge is 0.243 e. The van der Waals surface area contributed by atoms with E-state index < -0.39 is 10.0 Å². The van der Waals surface area contributed by atoms with Crippen molar-refractivity contribution in [1.29, 1.82) is 0 Å². The molecule has 28 heavy (non-hydrogen) atoms. The average molecular weight is 416 g/mol. The second-order valence-corrected chi connectivity index (χ2v) is 10.00. The number of hydrogen-bond acceptors (Lipinski definition) is 3. The van der Waals surface area contributed by atoms with E-state index in [2.05, 4.69) is 12.1 Å². The molecule has 0 saturated carbocycles. The molecule has 6 heteroatoms. The van der Waals surface area contributed by atoms with E-state index in [0.717, 1.165) is 17.6 Å². The summed E-state index contributed by atoms with van der Waals surface area (Å²) in [6.07, 6.45) is 4.21. The summed E-state index contributed by atoms with van der Waals surface area (Å²) in [5, 5.41) is 0.404. The Kier molecular flexibility index (Phi) is 5.17. The topological polar surface area (TPSA) is 54.5 Å². The van der Waals surface area contributed by atoms with Crippen molar-refractivity contribution < 1.29 is 13.2 Å². The third-order valence-electron chi connectivity index (χ3n) is 5.80. The first-order valence-corrected chi connectivity index (χ1v) is 11.2. The summed E-state index contributed by atoms with van der Waals surface area (Å²) in [6.45, 7) is 0.764. The van der Waals surface area contributed by atoms with Crippen LogP contribution in [0.4, 0.5) is 0 Å². The Morgan fingerprint density at radius 1 is 1.04 bits per heavy atom. The Morgan fingerprint density at radius 3 is 2.57 bits per heavy atom. The first-order valence-electron chi connectivity index (χ1n) is 9.43. The number of fused-ring (bicyclic) bond motifs is 1. The minimum absolute atomic E-state index is 0.143. The van der Waals surface area contributed by atoms with Gasteiger partial charge in [0.25, 0.3) is 0 Å². The predicted octanol–water partition coefficient (Wildman–Crippen LogP) is 4.25. The van der Waals surface area contributed by atoms with E-state index >= 15 is 0 Å². The number of carbonyl (C=O) groups is 1. The maximum atomic E-state index is 13.3. The summed E-state index contributed by atoms with van der Waals surface area (Å²) in [5.41, 5.74) is 1.91. The third kappa shape index (κ3) is 3.66. The Hall–Kier alpha value is -1.95. The van der Waals surface area contributed by atoms with Crippen molar-refractivity contribution in [2.45, 2.75) is 30.6 Å². The molecule has 2 aromatic rings. The Morgan fingerprint density at radius 2 is 1.82 bits per heavy atom. The summed E-state index contributed by atoms with van der Waals surface area (Å²) in [7, 11) is -3.64. The van der Waals surface area contributed by atoms with Crippen LogP contribution in [-0.2, 0) is 21.2 Å². The van der Waals surface area contributed by atoms with Crippen molar-refractivity contribution in [1.82, 2.24) is 4.31 Å². The van der Waals surface area contributed by atoms with E-state index in [4.69, 9.17) is 11.6 Å². The normalized spacial score (nSPS) is 23.2. The van der Waals surface area contributed by atoms with Crippen LogP contribution < -0.4 is 0 Å². The largest absolute Gasteiger partial charge is 0.295 e. The number of piperidine rings is 1. The Balaban J connectivity index is 1.70. The number of benzene rings is 2. The highest BCUT2D eigenvalue weighted by Crippen LogP contribution is 2.46. The van der Waals surface area contributed by atoms with E-state index in [0.29, 0.717) is 37.4 Å². The molecular weight excluding hydrogens is 394 g/mol. The minimum atomic E-state index is -3.64. The lowest BCUT2D eigenvalue weighted by atomic mass is 9.66. The van der Waals surface area contributed by atoms with Crippen molar-refractivity contribution in [3.8, 4) is 0 Å². The van der Waals surface area contributed by atoms with Gasteiger partial charge in [-0.15, -0.1) is 0 Å². The van der Waals surface area contributed by atoms with Crippen LogP contribution in [0.5, 0.6) is 0 Å². The van der Waals surface area contributed by atoms with Gasteiger partial charge in [0.05, 0.1) is 4.90 Å². The maximum absolute atomic E-state index is 13.3. The van der Waals surface area contributed by atoms with E-state index in [-0.39, 0.29) is 16.1 Å². The molecule has 2 aromatic carbocycles.